The second-order valence-electron chi connectivity index (χ2n) is 6.32. The van der Waals surface area contributed by atoms with Gasteiger partial charge in [0.25, 0.3) is 5.91 Å². The smallest absolute Gasteiger partial charge is 0.258 e. The van der Waals surface area contributed by atoms with Gasteiger partial charge >= 0.3 is 0 Å². The number of aliphatic hydroxyl groups is 1. The SMILES string of the molecule is NC(=O)C(O)(c1ccccc1)c1ccc(S(=O)(=O)C2CCOCC2)cc1. The van der Waals surface area contributed by atoms with Crippen molar-refractivity contribution in [3.63, 3.8) is 0 Å². The number of hydrogen-bond acceptors (Lipinski definition) is 5. The first-order chi connectivity index (χ1) is 12.4. The second kappa shape index (κ2) is 7.19. The minimum atomic E-state index is -3.49. The largest absolute Gasteiger partial charge is 0.381 e. The van der Waals surface area contributed by atoms with Gasteiger partial charge < -0.3 is 15.6 Å². The Morgan fingerprint density at radius 1 is 1.00 bits per heavy atom. The summed E-state index contributed by atoms with van der Waals surface area (Å²) in [5.74, 6) is -0.927. The Labute approximate surface area is 152 Å². The van der Waals surface area contributed by atoms with Crippen molar-refractivity contribution in [1.82, 2.24) is 0 Å². The Morgan fingerprint density at radius 2 is 1.54 bits per heavy atom. The van der Waals surface area contributed by atoms with Crippen LogP contribution in [0.25, 0.3) is 0 Å². The maximum atomic E-state index is 12.7. The number of amides is 1. The van der Waals surface area contributed by atoms with Crippen LogP contribution in [-0.4, -0.2) is 37.9 Å². The molecule has 2 aromatic carbocycles. The van der Waals surface area contributed by atoms with Gasteiger partial charge in [-0.3, -0.25) is 4.79 Å². The molecular weight excluding hydrogens is 354 g/mol. The molecule has 0 spiro atoms. The third-order valence-electron chi connectivity index (χ3n) is 4.76. The number of hydrogen-bond donors (Lipinski definition) is 2. The first-order valence-electron chi connectivity index (χ1n) is 8.37. The van der Waals surface area contributed by atoms with E-state index in [1.165, 1.54) is 24.3 Å². The number of benzene rings is 2. The lowest BCUT2D eigenvalue weighted by atomic mass is 9.86. The van der Waals surface area contributed by atoms with Crippen LogP contribution in [0.2, 0.25) is 0 Å². The topological polar surface area (TPSA) is 107 Å². The molecule has 1 heterocycles. The Bertz CT molecular complexity index is 874. The molecule has 0 aliphatic carbocycles. The molecule has 0 aromatic heterocycles. The summed E-state index contributed by atoms with van der Waals surface area (Å²) in [5.41, 5.74) is 3.98. The van der Waals surface area contributed by atoms with Gasteiger partial charge in [0.2, 0.25) is 0 Å². The summed E-state index contributed by atoms with van der Waals surface area (Å²) in [4.78, 5) is 12.2. The summed E-state index contributed by atoms with van der Waals surface area (Å²) in [7, 11) is -3.49. The van der Waals surface area contributed by atoms with Crippen LogP contribution in [0.4, 0.5) is 0 Å². The highest BCUT2D eigenvalue weighted by atomic mass is 32.2. The Morgan fingerprint density at radius 3 is 2.08 bits per heavy atom. The predicted octanol–water partition coefficient (Wildman–Crippen LogP) is 1.36. The van der Waals surface area contributed by atoms with Gasteiger partial charge in [0.05, 0.1) is 10.1 Å². The molecule has 1 unspecified atom stereocenters. The van der Waals surface area contributed by atoms with Crippen molar-refractivity contribution in [2.45, 2.75) is 28.6 Å². The highest BCUT2D eigenvalue weighted by Gasteiger charge is 2.38. The van der Waals surface area contributed by atoms with E-state index in [-0.39, 0.29) is 10.5 Å². The van der Waals surface area contributed by atoms with Gasteiger partial charge in [-0.15, -0.1) is 0 Å². The van der Waals surface area contributed by atoms with Crippen molar-refractivity contribution in [2.24, 2.45) is 5.73 Å². The summed E-state index contributed by atoms with van der Waals surface area (Å²) in [6.07, 6.45) is 0.915. The van der Waals surface area contributed by atoms with Gasteiger partial charge in [-0.1, -0.05) is 42.5 Å². The van der Waals surface area contributed by atoms with E-state index in [4.69, 9.17) is 10.5 Å². The lowest BCUT2D eigenvalue weighted by Crippen LogP contribution is -2.42. The minimum Gasteiger partial charge on any atom is -0.381 e. The molecule has 26 heavy (non-hydrogen) atoms. The summed E-state index contributed by atoms with van der Waals surface area (Å²) < 4.78 is 30.7. The quantitative estimate of drug-likeness (QED) is 0.821. The molecule has 1 aliphatic heterocycles. The molecule has 3 N–H and O–H groups in total. The number of primary amides is 1. The first kappa shape index (κ1) is 18.6. The van der Waals surface area contributed by atoms with Crippen molar-refractivity contribution in [1.29, 1.82) is 0 Å². The van der Waals surface area contributed by atoms with Gasteiger partial charge in [-0.25, -0.2) is 8.42 Å². The van der Waals surface area contributed by atoms with Gasteiger partial charge in [-0.05, 0) is 36.1 Å². The van der Waals surface area contributed by atoms with E-state index in [9.17, 15) is 18.3 Å². The number of sulfone groups is 1. The monoisotopic (exact) mass is 375 g/mol. The summed E-state index contributed by atoms with van der Waals surface area (Å²) >= 11 is 0. The first-order valence-corrected chi connectivity index (χ1v) is 9.91. The van der Waals surface area contributed by atoms with Gasteiger partial charge in [0, 0.05) is 13.2 Å². The summed E-state index contributed by atoms with van der Waals surface area (Å²) in [5, 5.41) is 10.5. The van der Waals surface area contributed by atoms with Crippen LogP contribution in [0, 0.1) is 0 Å². The van der Waals surface area contributed by atoms with E-state index in [1.54, 1.807) is 30.3 Å². The molecule has 0 saturated carbocycles. The molecule has 0 bridgehead atoms. The van der Waals surface area contributed by atoms with Crippen molar-refractivity contribution in [2.75, 3.05) is 13.2 Å². The van der Waals surface area contributed by atoms with E-state index >= 15 is 0 Å². The van der Waals surface area contributed by atoms with Gasteiger partial charge in [-0.2, -0.15) is 0 Å². The van der Waals surface area contributed by atoms with Crippen LogP contribution in [0.5, 0.6) is 0 Å². The molecule has 1 saturated heterocycles. The number of carbonyl (C=O) groups is 1. The molecule has 7 heteroatoms. The van der Waals surface area contributed by atoms with E-state index < -0.39 is 26.6 Å². The Hall–Kier alpha value is -2.22. The van der Waals surface area contributed by atoms with E-state index in [1.807, 2.05) is 0 Å². The average molecular weight is 375 g/mol. The van der Waals surface area contributed by atoms with Gasteiger partial charge in [0.1, 0.15) is 0 Å². The van der Waals surface area contributed by atoms with Crippen LogP contribution < -0.4 is 5.73 Å². The fourth-order valence-corrected chi connectivity index (χ4v) is 4.91. The zero-order valence-electron chi connectivity index (χ0n) is 14.2. The van der Waals surface area contributed by atoms with E-state index in [0.29, 0.717) is 31.6 Å². The van der Waals surface area contributed by atoms with Crippen molar-refractivity contribution in [3.05, 3.63) is 65.7 Å². The number of carbonyl (C=O) groups excluding carboxylic acids is 1. The van der Waals surface area contributed by atoms with Crippen LogP contribution in [-0.2, 0) is 25.0 Å². The molecule has 2 aromatic rings. The van der Waals surface area contributed by atoms with Crippen LogP contribution in [0.1, 0.15) is 24.0 Å². The molecule has 0 radical (unpaired) electrons. The summed E-state index contributed by atoms with van der Waals surface area (Å²) in [6.45, 7) is 0.856. The highest BCUT2D eigenvalue weighted by Crippen LogP contribution is 2.31. The Kier molecular flexibility index (Phi) is 5.13. The molecule has 3 rings (SSSR count). The van der Waals surface area contributed by atoms with Gasteiger partial charge in [0.15, 0.2) is 15.4 Å². The van der Waals surface area contributed by atoms with Crippen LogP contribution in [0.15, 0.2) is 59.5 Å². The lowest BCUT2D eigenvalue weighted by molar-refractivity contribution is -0.133. The third kappa shape index (κ3) is 3.25. The standard InChI is InChI=1S/C19H21NO5S/c20-18(21)19(22,14-4-2-1-3-5-14)15-6-8-16(9-7-15)26(23,24)17-10-12-25-13-11-17/h1-9,17,22H,10-13H2,(H2,20,21). The average Bonchev–Trinajstić information content (AvgIpc) is 2.68. The van der Waals surface area contributed by atoms with Crippen LogP contribution >= 0.6 is 0 Å². The molecule has 1 atom stereocenters. The highest BCUT2D eigenvalue weighted by molar-refractivity contribution is 7.92. The predicted molar refractivity (Wildman–Crippen MR) is 96.1 cm³/mol. The van der Waals surface area contributed by atoms with Crippen molar-refractivity contribution >= 4 is 15.7 Å². The number of ether oxygens (including phenoxy) is 1. The van der Waals surface area contributed by atoms with Crippen molar-refractivity contribution < 1.29 is 23.1 Å². The third-order valence-corrected chi connectivity index (χ3v) is 7.03. The van der Waals surface area contributed by atoms with Crippen LogP contribution in [0.3, 0.4) is 0 Å². The Balaban J connectivity index is 1.97. The molecule has 6 nitrogen and oxygen atoms in total. The molecule has 138 valence electrons. The van der Waals surface area contributed by atoms with Crippen molar-refractivity contribution in [3.8, 4) is 0 Å². The summed E-state index contributed by atoms with van der Waals surface area (Å²) in [6, 6.07) is 14.0. The fraction of sp³-hybridized carbons (Fsp3) is 0.316. The van der Waals surface area contributed by atoms with E-state index in [2.05, 4.69) is 0 Å². The zero-order valence-corrected chi connectivity index (χ0v) is 15.0. The maximum Gasteiger partial charge on any atom is 0.258 e. The molecule has 1 aliphatic rings. The maximum absolute atomic E-state index is 12.7. The minimum absolute atomic E-state index is 0.160. The second-order valence-corrected chi connectivity index (χ2v) is 8.55. The molecule has 1 amide bonds. The zero-order chi connectivity index (χ0) is 18.8. The number of nitrogens with two attached hydrogens (primary N) is 1. The fourth-order valence-electron chi connectivity index (χ4n) is 3.20. The molecule has 1 fully saturated rings. The molecular formula is C19H21NO5S. The normalized spacial score (nSPS) is 18.2. The van der Waals surface area contributed by atoms with E-state index in [0.717, 1.165) is 0 Å². The lowest BCUT2D eigenvalue weighted by Gasteiger charge is -2.26. The number of rotatable bonds is 5.